The van der Waals surface area contributed by atoms with E-state index in [-0.39, 0.29) is 6.03 Å². The summed E-state index contributed by atoms with van der Waals surface area (Å²) >= 11 is 0. The van der Waals surface area contributed by atoms with Crippen molar-refractivity contribution in [1.29, 1.82) is 0 Å². The molecule has 0 atom stereocenters. The molecule has 10 heavy (non-hydrogen) atoms. The lowest BCUT2D eigenvalue weighted by Crippen LogP contribution is -2.41. The summed E-state index contributed by atoms with van der Waals surface area (Å²) in [4.78, 5) is 15.9. The molecule has 1 aliphatic rings. The second kappa shape index (κ2) is 2.98. The van der Waals surface area contributed by atoms with Crippen molar-refractivity contribution in [3.63, 3.8) is 0 Å². The third-order valence-electron chi connectivity index (χ3n) is 1.10. The maximum Gasteiger partial charge on any atom is 0.335 e. The van der Waals surface area contributed by atoms with E-state index in [0.29, 0.717) is 6.54 Å². The Hall–Kier alpha value is -1.36. The summed E-state index contributed by atoms with van der Waals surface area (Å²) in [5.74, 6) is 4.88. The van der Waals surface area contributed by atoms with Crippen molar-refractivity contribution in [2.45, 2.75) is 0 Å². The number of urea groups is 1. The van der Waals surface area contributed by atoms with Crippen LogP contribution in [0.25, 0.3) is 0 Å². The molecule has 5 nitrogen and oxygen atoms in total. The van der Waals surface area contributed by atoms with E-state index in [9.17, 15) is 4.79 Å². The highest BCUT2D eigenvalue weighted by atomic mass is 16.2. The van der Waals surface area contributed by atoms with Crippen LogP contribution < -0.4 is 11.3 Å². The van der Waals surface area contributed by atoms with Crippen molar-refractivity contribution in [2.24, 2.45) is 10.8 Å². The molecule has 0 aromatic carbocycles. The molecule has 0 aromatic heterocycles. The topological polar surface area (TPSA) is 70.7 Å². The lowest BCUT2D eigenvalue weighted by molar-refractivity contribution is 0.220. The van der Waals surface area contributed by atoms with Crippen LogP contribution in [0.4, 0.5) is 4.79 Å². The number of hydrogen-bond acceptors (Lipinski definition) is 3. The first-order chi connectivity index (χ1) is 4.84. The van der Waals surface area contributed by atoms with Gasteiger partial charge in [-0.25, -0.2) is 10.6 Å². The number of hydrazine groups is 1. The summed E-state index contributed by atoms with van der Waals surface area (Å²) in [6, 6.07) is -0.331. The Balaban J connectivity index is 2.51. The van der Waals surface area contributed by atoms with Gasteiger partial charge in [-0.1, -0.05) is 0 Å². The molecule has 54 valence electrons. The molecular formula is C5H8N4O. The molecule has 0 aliphatic carbocycles. The summed E-state index contributed by atoms with van der Waals surface area (Å²) in [6.07, 6.45) is 4.70. The van der Waals surface area contributed by atoms with Crippen LogP contribution in [-0.2, 0) is 0 Å². The predicted molar refractivity (Wildman–Crippen MR) is 37.1 cm³/mol. The Morgan fingerprint density at radius 1 is 1.80 bits per heavy atom. The van der Waals surface area contributed by atoms with Crippen molar-refractivity contribution in [1.82, 2.24) is 10.3 Å². The summed E-state index contributed by atoms with van der Waals surface area (Å²) < 4.78 is 0. The fourth-order valence-corrected chi connectivity index (χ4v) is 0.609. The zero-order valence-corrected chi connectivity index (χ0v) is 5.32. The Morgan fingerprint density at radius 3 is 3.10 bits per heavy atom. The second-order valence-corrected chi connectivity index (χ2v) is 1.73. The normalized spacial score (nSPS) is 15.5. The number of amides is 2. The van der Waals surface area contributed by atoms with E-state index < -0.39 is 0 Å². The summed E-state index contributed by atoms with van der Waals surface area (Å²) in [6.45, 7) is 0.472. The monoisotopic (exact) mass is 140 g/mol. The molecule has 3 N–H and O–H groups in total. The highest BCUT2D eigenvalue weighted by Gasteiger charge is 2.07. The van der Waals surface area contributed by atoms with E-state index in [2.05, 4.69) is 4.99 Å². The molecule has 5 heteroatoms. The molecule has 2 amide bonds. The fraction of sp³-hybridized carbons (Fsp3) is 0.200. The predicted octanol–water partition coefficient (Wildman–Crippen LogP) is -0.573. The number of carbonyl (C=O) groups excluding carboxylic acids is 1. The first kappa shape index (κ1) is 6.76. The summed E-state index contributed by atoms with van der Waals surface area (Å²) in [5.41, 5.74) is 2.01. The van der Waals surface area contributed by atoms with Crippen LogP contribution in [0.1, 0.15) is 0 Å². The maximum atomic E-state index is 10.7. The first-order valence-corrected chi connectivity index (χ1v) is 2.80. The minimum atomic E-state index is -0.331. The number of nitrogens with two attached hydrogens (primary N) is 1. The van der Waals surface area contributed by atoms with Crippen LogP contribution in [0, 0.1) is 0 Å². The van der Waals surface area contributed by atoms with E-state index in [1.54, 1.807) is 12.4 Å². The van der Waals surface area contributed by atoms with Gasteiger partial charge in [0.05, 0.1) is 6.54 Å². The number of nitrogens with one attached hydrogen (secondary N) is 1. The summed E-state index contributed by atoms with van der Waals surface area (Å²) in [5, 5.41) is 0. The molecule has 0 spiro atoms. The number of aliphatic imine (C=N–C) groups is 1. The fourth-order valence-electron chi connectivity index (χ4n) is 0.609. The van der Waals surface area contributed by atoms with Gasteiger partial charge in [-0.3, -0.25) is 15.3 Å². The van der Waals surface area contributed by atoms with Gasteiger partial charge in [0.15, 0.2) is 0 Å². The lowest BCUT2D eigenvalue weighted by atomic mass is 10.5. The third-order valence-corrected chi connectivity index (χ3v) is 1.10. The van der Waals surface area contributed by atoms with E-state index >= 15 is 0 Å². The van der Waals surface area contributed by atoms with E-state index in [0.717, 1.165) is 0 Å². The van der Waals surface area contributed by atoms with Crippen molar-refractivity contribution in [2.75, 3.05) is 6.54 Å². The Labute approximate surface area is 58.2 Å². The minimum absolute atomic E-state index is 0.331. The quantitative estimate of drug-likeness (QED) is 0.268. The van der Waals surface area contributed by atoms with Crippen molar-refractivity contribution >= 4 is 12.2 Å². The smallest absolute Gasteiger partial charge is 0.293 e. The molecule has 1 rings (SSSR count). The average Bonchev–Trinajstić information content (AvgIpc) is 2.05. The van der Waals surface area contributed by atoms with Crippen LogP contribution in [0.2, 0.25) is 0 Å². The van der Waals surface area contributed by atoms with Crippen LogP contribution in [0.3, 0.4) is 0 Å². The minimum Gasteiger partial charge on any atom is -0.293 e. The van der Waals surface area contributed by atoms with Crippen LogP contribution in [0.15, 0.2) is 17.4 Å². The van der Waals surface area contributed by atoms with E-state index in [1.807, 2.05) is 5.43 Å². The zero-order valence-electron chi connectivity index (χ0n) is 5.32. The van der Waals surface area contributed by atoms with Crippen molar-refractivity contribution in [3.05, 3.63) is 12.4 Å². The Bertz CT molecular complexity index is 186. The van der Waals surface area contributed by atoms with Gasteiger partial charge in [-0.2, -0.15) is 0 Å². The lowest BCUT2D eigenvalue weighted by Gasteiger charge is -2.15. The van der Waals surface area contributed by atoms with Crippen LogP contribution in [0.5, 0.6) is 0 Å². The van der Waals surface area contributed by atoms with E-state index in [1.165, 1.54) is 11.1 Å². The molecular weight excluding hydrogens is 132 g/mol. The Morgan fingerprint density at radius 2 is 2.60 bits per heavy atom. The molecule has 0 fully saturated rings. The molecule has 0 unspecified atom stereocenters. The van der Waals surface area contributed by atoms with Crippen LogP contribution in [-0.4, -0.2) is 23.7 Å². The molecule has 0 radical (unpaired) electrons. The maximum absolute atomic E-state index is 10.7. The molecule has 0 bridgehead atoms. The van der Waals surface area contributed by atoms with Gasteiger partial charge in [-0.15, -0.1) is 0 Å². The molecule has 1 aliphatic heterocycles. The van der Waals surface area contributed by atoms with Gasteiger partial charge in [0, 0.05) is 18.6 Å². The first-order valence-electron chi connectivity index (χ1n) is 2.80. The largest absolute Gasteiger partial charge is 0.335 e. The van der Waals surface area contributed by atoms with Gasteiger partial charge in [-0.05, 0) is 0 Å². The van der Waals surface area contributed by atoms with E-state index in [4.69, 9.17) is 5.84 Å². The van der Waals surface area contributed by atoms with Gasteiger partial charge in [0.25, 0.3) is 0 Å². The summed E-state index contributed by atoms with van der Waals surface area (Å²) in [7, 11) is 0. The zero-order chi connectivity index (χ0) is 7.40. The number of nitrogens with zero attached hydrogens (tertiary/aromatic N) is 2. The van der Waals surface area contributed by atoms with Crippen molar-refractivity contribution < 1.29 is 4.79 Å². The van der Waals surface area contributed by atoms with Crippen molar-refractivity contribution in [3.8, 4) is 0 Å². The SMILES string of the molecule is NNC(=O)N1C=CN=CC1. The number of rotatable bonds is 0. The third kappa shape index (κ3) is 1.32. The molecule has 0 saturated heterocycles. The van der Waals surface area contributed by atoms with Gasteiger partial charge in [0.2, 0.25) is 0 Å². The molecule has 1 heterocycles. The average molecular weight is 140 g/mol. The van der Waals surface area contributed by atoms with Gasteiger partial charge >= 0.3 is 6.03 Å². The standard InChI is InChI=1S/C5H8N4O/c6-8-5(10)9-3-1-7-2-4-9/h1-3H,4,6H2,(H,8,10). The van der Waals surface area contributed by atoms with Gasteiger partial charge in [0.1, 0.15) is 0 Å². The molecule has 0 aromatic rings. The number of carbonyl (C=O) groups is 1. The number of hydrogen-bond donors (Lipinski definition) is 2. The van der Waals surface area contributed by atoms with Gasteiger partial charge < -0.3 is 0 Å². The second-order valence-electron chi connectivity index (χ2n) is 1.73. The highest BCUT2D eigenvalue weighted by Crippen LogP contribution is 1.93. The highest BCUT2D eigenvalue weighted by molar-refractivity contribution is 5.79. The molecule has 0 saturated carbocycles. The Kier molecular flexibility index (Phi) is 2.01. The van der Waals surface area contributed by atoms with Crippen LogP contribution >= 0.6 is 0 Å².